The predicted octanol–water partition coefficient (Wildman–Crippen LogP) is 3.12. The van der Waals surface area contributed by atoms with E-state index in [0.29, 0.717) is 5.56 Å². The Kier molecular flexibility index (Phi) is 2.63. The van der Waals surface area contributed by atoms with Gasteiger partial charge in [-0.2, -0.15) is 0 Å². The van der Waals surface area contributed by atoms with E-state index in [4.69, 9.17) is 9.47 Å². The van der Waals surface area contributed by atoms with Crippen molar-refractivity contribution in [3.05, 3.63) is 42.0 Å². The number of methoxy groups -OCH3 is 2. The average Bonchev–Trinajstić information content (AvgIpc) is 2.84. The highest BCUT2D eigenvalue weighted by Crippen LogP contribution is 2.32. The SMILES string of the molecule is COC(=O)c1cccc2c1[nH]c1c(OC)cccc12. The Balaban J connectivity index is 2.42. The molecule has 0 aliphatic carbocycles. The molecule has 0 amide bonds. The van der Waals surface area contributed by atoms with Gasteiger partial charge in [0.05, 0.1) is 30.8 Å². The van der Waals surface area contributed by atoms with Crippen LogP contribution in [0.15, 0.2) is 36.4 Å². The Morgan fingerprint density at radius 3 is 2.37 bits per heavy atom. The number of aromatic amines is 1. The zero-order valence-corrected chi connectivity index (χ0v) is 10.7. The lowest BCUT2D eigenvalue weighted by Gasteiger charge is -2.00. The summed E-state index contributed by atoms with van der Waals surface area (Å²) in [5, 5.41) is 2.01. The van der Waals surface area contributed by atoms with Gasteiger partial charge in [0.25, 0.3) is 0 Å². The Morgan fingerprint density at radius 2 is 1.68 bits per heavy atom. The van der Waals surface area contributed by atoms with Crippen molar-refractivity contribution in [2.75, 3.05) is 14.2 Å². The maximum absolute atomic E-state index is 11.8. The number of ether oxygens (including phenoxy) is 2. The van der Waals surface area contributed by atoms with Crippen LogP contribution in [-0.4, -0.2) is 25.2 Å². The Labute approximate surface area is 109 Å². The first-order chi connectivity index (χ1) is 9.26. The zero-order chi connectivity index (χ0) is 13.4. The van der Waals surface area contributed by atoms with Crippen molar-refractivity contribution in [2.24, 2.45) is 0 Å². The molecule has 0 spiro atoms. The van der Waals surface area contributed by atoms with Gasteiger partial charge in [-0.15, -0.1) is 0 Å². The van der Waals surface area contributed by atoms with Crippen LogP contribution >= 0.6 is 0 Å². The molecule has 96 valence electrons. The number of carbonyl (C=O) groups excluding carboxylic acids is 1. The number of aromatic nitrogens is 1. The minimum absolute atomic E-state index is 0.351. The van der Waals surface area contributed by atoms with Crippen LogP contribution in [0.3, 0.4) is 0 Å². The van der Waals surface area contributed by atoms with E-state index >= 15 is 0 Å². The van der Waals surface area contributed by atoms with E-state index in [1.165, 1.54) is 7.11 Å². The van der Waals surface area contributed by atoms with Crippen molar-refractivity contribution in [3.8, 4) is 5.75 Å². The smallest absolute Gasteiger partial charge is 0.339 e. The van der Waals surface area contributed by atoms with Gasteiger partial charge in [0.1, 0.15) is 5.75 Å². The van der Waals surface area contributed by atoms with Gasteiger partial charge in [-0.05, 0) is 12.1 Å². The van der Waals surface area contributed by atoms with Crippen molar-refractivity contribution >= 4 is 27.8 Å². The molecule has 0 bridgehead atoms. The number of H-pyrrole nitrogens is 1. The van der Waals surface area contributed by atoms with Crippen LogP contribution in [0, 0.1) is 0 Å². The minimum atomic E-state index is -0.351. The number of nitrogens with one attached hydrogen (secondary N) is 1. The highest BCUT2D eigenvalue weighted by atomic mass is 16.5. The van der Waals surface area contributed by atoms with Gasteiger partial charge in [0.2, 0.25) is 0 Å². The summed E-state index contributed by atoms with van der Waals surface area (Å²) >= 11 is 0. The molecule has 1 N–H and O–H groups in total. The molecule has 0 saturated carbocycles. The van der Waals surface area contributed by atoms with Gasteiger partial charge in [-0.1, -0.05) is 24.3 Å². The molecule has 0 fully saturated rings. The van der Waals surface area contributed by atoms with Crippen molar-refractivity contribution < 1.29 is 14.3 Å². The van der Waals surface area contributed by atoms with E-state index in [-0.39, 0.29) is 5.97 Å². The molecule has 3 aromatic rings. The van der Waals surface area contributed by atoms with Crippen LogP contribution in [0.25, 0.3) is 21.8 Å². The van der Waals surface area contributed by atoms with Gasteiger partial charge in [0.15, 0.2) is 0 Å². The Bertz CT molecular complexity index is 774. The summed E-state index contributed by atoms with van der Waals surface area (Å²) in [7, 11) is 3.01. The molecule has 4 heteroatoms. The third-order valence-corrected chi connectivity index (χ3v) is 3.26. The van der Waals surface area contributed by atoms with Crippen molar-refractivity contribution in [2.45, 2.75) is 0 Å². The van der Waals surface area contributed by atoms with E-state index in [0.717, 1.165) is 27.6 Å². The van der Waals surface area contributed by atoms with Crippen molar-refractivity contribution in [1.82, 2.24) is 4.98 Å². The van der Waals surface area contributed by atoms with Gasteiger partial charge in [-0.3, -0.25) is 0 Å². The lowest BCUT2D eigenvalue weighted by Crippen LogP contribution is -2.01. The molecule has 0 atom stereocenters. The molecule has 0 aliphatic rings. The maximum Gasteiger partial charge on any atom is 0.339 e. The number of para-hydroxylation sites is 2. The number of rotatable bonds is 2. The fourth-order valence-corrected chi connectivity index (χ4v) is 2.37. The third-order valence-electron chi connectivity index (χ3n) is 3.26. The number of carbonyl (C=O) groups is 1. The van der Waals surface area contributed by atoms with Crippen molar-refractivity contribution in [3.63, 3.8) is 0 Å². The first-order valence-corrected chi connectivity index (χ1v) is 5.92. The quantitative estimate of drug-likeness (QED) is 0.716. The van der Waals surface area contributed by atoms with Crippen molar-refractivity contribution in [1.29, 1.82) is 0 Å². The summed E-state index contributed by atoms with van der Waals surface area (Å²) in [6, 6.07) is 11.4. The highest BCUT2D eigenvalue weighted by molar-refractivity contribution is 6.15. The van der Waals surface area contributed by atoms with E-state index in [9.17, 15) is 4.79 Å². The van der Waals surface area contributed by atoms with E-state index < -0.39 is 0 Å². The van der Waals surface area contributed by atoms with Crippen LogP contribution in [0.5, 0.6) is 5.75 Å². The maximum atomic E-state index is 11.8. The third kappa shape index (κ3) is 1.64. The molecule has 1 heterocycles. The van der Waals surface area contributed by atoms with Crippen LogP contribution in [-0.2, 0) is 4.74 Å². The number of hydrogen-bond acceptors (Lipinski definition) is 3. The lowest BCUT2D eigenvalue weighted by atomic mass is 10.1. The second-order valence-electron chi connectivity index (χ2n) is 4.23. The topological polar surface area (TPSA) is 51.3 Å². The fraction of sp³-hybridized carbons (Fsp3) is 0.133. The average molecular weight is 255 g/mol. The van der Waals surface area contributed by atoms with Gasteiger partial charge >= 0.3 is 5.97 Å². The largest absolute Gasteiger partial charge is 0.495 e. The molecule has 2 aromatic carbocycles. The monoisotopic (exact) mass is 255 g/mol. The standard InChI is InChI=1S/C15H13NO3/c1-18-12-8-4-6-10-9-5-3-7-11(15(17)19-2)13(9)16-14(10)12/h3-8,16H,1-2H3. The highest BCUT2D eigenvalue weighted by Gasteiger charge is 2.15. The minimum Gasteiger partial charge on any atom is -0.495 e. The van der Waals surface area contributed by atoms with Gasteiger partial charge in [0, 0.05) is 10.8 Å². The molecule has 0 unspecified atom stereocenters. The Hall–Kier alpha value is -2.49. The number of fused-ring (bicyclic) bond motifs is 3. The molecular formula is C15H13NO3. The second kappa shape index (κ2) is 4.31. The molecule has 0 radical (unpaired) electrons. The summed E-state index contributed by atoms with van der Waals surface area (Å²) in [5.74, 6) is 0.403. The molecule has 0 saturated heterocycles. The van der Waals surface area contributed by atoms with Gasteiger partial charge in [-0.25, -0.2) is 4.79 Å². The fourth-order valence-electron chi connectivity index (χ4n) is 2.37. The molecule has 1 aromatic heterocycles. The number of esters is 1. The first-order valence-electron chi connectivity index (χ1n) is 5.92. The molecule has 19 heavy (non-hydrogen) atoms. The lowest BCUT2D eigenvalue weighted by molar-refractivity contribution is 0.0603. The number of hydrogen-bond donors (Lipinski definition) is 1. The van der Waals surface area contributed by atoms with E-state index in [1.807, 2.05) is 30.3 Å². The van der Waals surface area contributed by atoms with Crippen LogP contribution in [0.1, 0.15) is 10.4 Å². The van der Waals surface area contributed by atoms with E-state index in [1.54, 1.807) is 13.2 Å². The summed E-state index contributed by atoms with van der Waals surface area (Å²) in [5.41, 5.74) is 2.18. The molecule has 0 aliphatic heterocycles. The summed E-state index contributed by atoms with van der Waals surface area (Å²) < 4.78 is 10.1. The molecule has 4 nitrogen and oxygen atoms in total. The Morgan fingerprint density at radius 1 is 1.00 bits per heavy atom. The number of benzene rings is 2. The molecular weight excluding hydrogens is 242 g/mol. The van der Waals surface area contributed by atoms with E-state index in [2.05, 4.69) is 4.98 Å². The van der Waals surface area contributed by atoms with Gasteiger partial charge < -0.3 is 14.5 Å². The normalized spacial score (nSPS) is 10.8. The summed E-state index contributed by atoms with van der Waals surface area (Å²) in [6.07, 6.45) is 0. The van der Waals surface area contributed by atoms with Crippen LogP contribution < -0.4 is 4.74 Å². The summed E-state index contributed by atoms with van der Waals surface area (Å²) in [6.45, 7) is 0. The van der Waals surface area contributed by atoms with Crippen LogP contribution in [0.2, 0.25) is 0 Å². The zero-order valence-electron chi connectivity index (χ0n) is 10.7. The predicted molar refractivity (Wildman–Crippen MR) is 73.7 cm³/mol. The second-order valence-corrected chi connectivity index (χ2v) is 4.23. The summed E-state index contributed by atoms with van der Waals surface area (Å²) in [4.78, 5) is 15.0. The van der Waals surface area contributed by atoms with Crippen LogP contribution in [0.4, 0.5) is 0 Å². The molecule has 3 rings (SSSR count). The first kappa shape index (κ1) is 11.6.